The van der Waals surface area contributed by atoms with E-state index in [1.54, 1.807) is 6.20 Å². The van der Waals surface area contributed by atoms with Crippen molar-refractivity contribution in [3.05, 3.63) is 42.2 Å². The number of aliphatic hydroxyl groups is 1. The van der Waals surface area contributed by atoms with Gasteiger partial charge in [0, 0.05) is 17.8 Å². The van der Waals surface area contributed by atoms with Crippen LogP contribution in [0, 0.1) is 0 Å². The monoisotopic (exact) mass is 215 g/mol. The Labute approximate surface area is 96.0 Å². The minimum absolute atomic E-state index is 0.720. The first-order chi connectivity index (χ1) is 7.71. The third-order valence-electron chi connectivity index (χ3n) is 3.35. The number of hydrogen-bond acceptors (Lipinski definition) is 2. The summed E-state index contributed by atoms with van der Waals surface area (Å²) in [7, 11) is 0. The van der Waals surface area contributed by atoms with Gasteiger partial charge in [0.1, 0.15) is 0 Å². The molecule has 84 valence electrons. The average Bonchev–Trinajstić information content (AvgIpc) is 2.37. The van der Waals surface area contributed by atoms with Crippen LogP contribution in [0.25, 0.3) is 10.8 Å². The molecule has 1 heterocycles. The number of benzene rings is 1. The highest BCUT2D eigenvalue weighted by atomic mass is 16.3. The van der Waals surface area contributed by atoms with Crippen molar-refractivity contribution in [2.75, 3.05) is 0 Å². The summed E-state index contributed by atoms with van der Waals surface area (Å²) in [4.78, 5) is 4.14. The Morgan fingerprint density at radius 2 is 1.94 bits per heavy atom. The van der Waals surface area contributed by atoms with Crippen LogP contribution >= 0.6 is 0 Å². The molecule has 0 saturated heterocycles. The molecular formula is C14H17NO. The highest BCUT2D eigenvalue weighted by Gasteiger charge is 2.26. The third-order valence-corrected chi connectivity index (χ3v) is 3.35. The maximum absolute atomic E-state index is 10.6. The number of hydrogen-bond donors (Lipinski definition) is 1. The summed E-state index contributed by atoms with van der Waals surface area (Å²) >= 11 is 0. The number of rotatable bonds is 3. The van der Waals surface area contributed by atoms with E-state index in [-0.39, 0.29) is 0 Å². The van der Waals surface area contributed by atoms with Crippen molar-refractivity contribution >= 4 is 10.8 Å². The van der Waals surface area contributed by atoms with Crippen molar-refractivity contribution in [3.8, 4) is 0 Å². The summed E-state index contributed by atoms with van der Waals surface area (Å²) in [5.41, 5.74) is 0.255. The van der Waals surface area contributed by atoms with Gasteiger partial charge in [0.2, 0.25) is 0 Å². The van der Waals surface area contributed by atoms with Crippen LogP contribution in [0.3, 0.4) is 0 Å². The molecule has 16 heavy (non-hydrogen) atoms. The van der Waals surface area contributed by atoms with E-state index in [1.165, 1.54) is 0 Å². The Morgan fingerprint density at radius 3 is 2.62 bits per heavy atom. The van der Waals surface area contributed by atoms with Crippen LogP contribution in [-0.4, -0.2) is 10.1 Å². The molecule has 0 amide bonds. The molecule has 1 aromatic heterocycles. The summed E-state index contributed by atoms with van der Waals surface area (Å²) in [5, 5.41) is 12.8. The smallest absolute Gasteiger partial charge is 0.0897 e. The van der Waals surface area contributed by atoms with Gasteiger partial charge in [-0.25, -0.2) is 0 Å². The van der Waals surface area contributed by atoms with Crippen LogP contribution in [0.4, 0.5) is 0 Å². The second-order valence-electron chi connectivity index (χ2n) is 4.14. The summed E-state index contributed by atoms with van der Waals surface area (Å²) in [6, 6.07) is 8.02. The van der Waals surface area contributed by atoms with Crippen LogP contribution in [0.15, 0.2) is 36.7 Å². The van der Waals surface area contributed by atoms with Crippen molar-refractivity contribution in [1.29, 1.82) is 0 Å². The third kappa shape index (κ3) is 1.69. The minimum atomic E-state index is -0.734. The molecule has 0 aliphatic rings. The van der Waals surface area contributed by atoms with Gasteiger partial charge in [-0.15, -0.1) is 0 Å². The van der Waals surface area contributed by atoms with Crippen molar-refractivity contribution in [3.63, 3.8) is 0 Å². The topological polar surface area (TPSA) is 33.1 Å². The van der Waals surface area contributed by atoms with E-state index in [4.69, 9.17) is 0 Å². The number of pyridine rings is 1. The zero-order valence-electron chi connectivity index (χ0n) is 9.77. The van der Waals surface area contributed by atoms with Gasteiger partial charge >= 0.3 is 0 Å². The summed E-state index contributed by atoms with van der Waals surface area (Å²) in [6.45, 7) is 4.03. The lowest BCUT2D eigenvalue weighted by Crippen LogP contribution is -2.23. The van der Waals surface area contributed by atoms with Crippen LogP contribution in [-0.2, 0) is 5.60 Å². The molecule has 0 atom stereocenters. The van der Waals surface area contributed by atoms with Crippen molar-refractivity contribution < 1.29 is 5.11 Å². The van der Waals surface area contributed by atoms with Crippen LogP contribution in [0.2, 0.25) is 0 Å². The summed E-state index contributed by atoms with van der Waals surface area (Å²) in [6.07, 6.45) is 5.05. The second-order valence-corrected chi connectivity index (χ2v) is 4.14. The van der Waals surface area contributed by atoms with E-state index >= 15 is 0 Å². The highest BCUT2D eigenvalue weighted by molar-refractivity contribution is 5.85. The Bertz CT molecular complexity index is 484. The Kier molecular flexibility index (Phi) is 2.92. The molecule has 0 saturated carbocycles. The Balaban J connectivity index is 2.69. The van der Waals surface area contributed by atoms with E-state index in [0.717, 1.165) is 29.2 Å². The minimum Gasteiger partial charge on any atom is -0.385 e. The Hall–Kier alpha value is -1.41. The molecule has 1 N–H and O–H groups in total. The first kappa shape index (κ1) is 11.1. The number of aromatic nitrogens is 1. The predicted octanol–water partition coefficient (Wildman–Crippen LogP) is 3.24. The van der Waals surface area contributed by atoms with Gasteiger partial charge in [0.15, 0.2) is 0 Å². The lowest BCUT2D eigenvalue weighted by atomic mass is 9.86. The molecule has 0 unspecified atom stereocenters. The van der Waals surface area contributed by atoms with E-state index in [2.05, 4.69) is 4.98 Å². The average molecular weight is 215 g/mol. The lowest BCUT2D eigenvalue weighted by molar-refractivity contribution is 0.0299. The van der Waals surface area contributed by atoms with E-state index < -0.39 is 5.60 Å². The maximum Gasteiger partial charge on any atom is 0.0897 e. The fourth-order valence-corrected chi connectivity index (χ4v) is 2.15. The predicted molar refractivity (Wildman–Crippen MR) is 66.2 cm³/mol. The molecular weight excluding hydrogens is 198 g/mol. The number of nitrogens with zero attached hydrogens (tertiary/aromatic N) is 1. The van der Waals surface area contributed by atoms with Crippen LogP contribution in [0.5, 0.6) is 0 Å². The molecule has 2 heteroatoms. The van der Waals surface area contributed by atoms with Crippen molar-refractivity contribution in [2.24, 2.45) is 0 Å². The molecule has 0 bridgehead atoms. The SMILES string of the molecule is CCC(O)(CC)c1cccc2ccncc12. The summed E-state index contributed by atoms with van der Waals surface area (Å²) < 4.78 is 0. The zero-order valence-corrected chi connectivity index (χ0v) is 9.77. The molecule has 0 fully saturated rings. The molecule has 0 aliphatic carbocycles. The maximum atomic E-state index is 10.6. The molecule has 2 aromatic rings. The van der Waals surface area contributed by atoms with Crippen LogP contribution < -0.4 is 0 Å². The first-order valence-electron chi connectivity index (χ1n) is 5.77. The highest BCUT2D eigenvalue weighted by Crippen LogP contribution is 2.33. The summed E-state index contributed by atoms with van der Waals surface area (Å²) in [5.74, 6) is 0. The van der Waals surface area contributed by atoms with Gasteiger partial charge in [-0.2, -0.15) is 0 Å². The number of fused-ring (bicyclic) bond motifs is 1. The van der Waals surface area contributed by atoms with Gasteiger partial charge in [-0.3, -0.25) is 4.98 Å². The van der Waals surface area contributed by atoms with Crippen LogP contribution in [0.1, 0.15) is 32.3 Å². The Morgan fingerprint density at radius 1 is 1.19 bits per heavy atom. The molecule has 0 aliphatic heterocycles. The quantitative estimate of drug-likeness (QED) is 0.852. The van der Waals surface area contributed by atoms with E-state index in [1.807, 2.05) is 44.3 Å². The largest absolute Gasteiger partial charge is 0.385 e. The molecule has 2 rings (SSSR count). The standard InChI is InChI=1S/C14H17NO/c1-3-14(16,4-2)13-7-5-6-11-8-9-15-10-12(11)13/h5-10,16H,3-4H2,1-2H3. The first-order valence-corrected chi connectivity index (χ1v) is 5.77. The fraction of sp³-hybridized carbons (Fsp3) is 0.357. The lowest BCUT2D eigenvalue weighted by Gasteiger charge is -2.27. The normalized spacial score (nSPS) is 11.9. The van der Waals surface area contributed by atoms with Gasteiger partial charge < -0.3 is 5.11 Å². The molecule has 1 aromatic carbocycles. The van der Waals surface area contributed by atoms with Crippen molar-refractivity contribution in [2.45, 2.75) is 32.3 Å². The van der Waals surface area contributed by atoms with Crippen molar-refractivity contribution in [1.82, 2.24) is 4.98 Å². The van der Waals surface area contributed by atoms with Gasteiger partial charge in [-0.1, -0.05) is 32.0 Å². The van der Waals surface area contributed by atoms with E-state index in [0.29, 0.717) is 0 Å². The van der Waals surface area contributed by atoms with Gasteiger partial charge in [0.05, 0.1) is 5.60 Å². The molecule has 0 spiro atoms. The zero-order chi connectivity index (χ0) is 11.6. The fourth-order valence-electron chi connectivity index (χ4n) is 2.15. The van der Waals surface area contributed by atoms with Gasteiger partial charge in [0.25, 0.3) is 0 Å². The molecule has 2 nitrogen and oxygen atoms in total. The second kappa shape index (κ2) is 4.22. The molecule has 0 radical (unpaired) electrons. The van der Waals surface area contributed by atoms with Gasteiger partial charge in [-0.05, 0) is 29.9 Å². The van der Waals surface area contributed by atoms with E-state index in [9.17, 15) is 5.11 Å².